The fourth-order valence-electron chi connectivity index (χ4n) is 3.08. The molecule has 0 spiro atoms. The van der Waals surface area contributed by atoms with Crippen molar-refractivity contribution < 1.29 is 0 Å². The van der Waals surface area contributed by atoms with Crippen LogP contribution in [0, 0.1) is 0 Å². The maximum atomic E-state index is 3.66. The molecule has 1 aromatic carbocycles. The molecule has 0 bridgehead atoms. The SMILES string of the molecule is CC1CN(c2ccccc2C(C)C)CC(C)(C)N1. The van der Waals surface area contributed by atoms with Crippen LogP contribution in [-0.2, 0) is 0 Å². The summed E-state index contributed by atoms with van der Waals surface area (Å²) in [7, 11) is 0. The molecule has 1 atom stereocenters. The third-order valence-corrected chi connectivity index (χ3v) is 3.62. The lowest BCUT2D eigenvalue weighted by molar-refractivity contribution is 0.301. The maximum Gasteiger partial charge on any atom is 0.0402 e. The molecule has 0 amide bonds. The van der Waals surface area contributed by atoms with E-state index in [0.717, 1.165) is 13.1 Å². The van der Waals surface area contributed by atoms with Crippen LogP contribution >= 0.6 is 0 Å². The molecular weight excluding hydrogens is 220 g/mol. The molecule has 2 rings (SSSR count). The van der Waals surface area contributed by atoms with Gasteiger partial charge in [-0.25, -0.2) is 0 Å². The van der Waals surface area contributed by atoms with Crippen molar-refractivity contribution >= 4 is 5.69 Å². The van der Waals surface area contributed by atoms with Gasteiger partial charge in [0.2, 0.25) is 0 Å². The number of anilines is 1. The van der Waals surface area contributed by atoms with Crippen molar-refractivity contribution in [3.05, 3.63) is 29.8 Å². The Labute approximate surface area is 111 Å². The van der Waals surface area contributed by atoms with E-state index in [2.05, 4.69) is 69.1 Å². The van der Waals surface area contributed by atoms with Crippen LogP contribution in [0.3, 0.4) is 0 Å². The van der Waals surface area contributed by atoms with Crippen LogP contribution in [0.4, 0.5) is 5.69 Å². The van der Waals surface area contributed by atoms with Crippen molar-refractivity contribution in [1.29, 1.82) is 0 Å². The molecule has 0 radical (unpaired) electrons. The van der Waals surface area contributed by atoms with Crippen LogP contribution in [-0.4, -0.2) is 24.7 Å². The Kier molecular flexibility index (Phi) is 3.67. The summed E-state index contributed by atoms with van der Waals surface area (Å²) in [5.41, 5.74) is 3.05. The highest BCUT2D eigenvalue weighted by atomic mass is 15.2. The summed E-state index contributed by atoms with van der Waals surface area (Å²) >= 11 is 0. The minimum absolute atomic E-state index is 0.182. The van der Waals surface area contributed by atoms with E-state index in [-0.39, 0.29) is 5.54 Å². The largest absolute Gasteiger partial charge is 0.368 e. The first-order valence-corrected chi connectivity index (χ1v) is 7.00. The van der Waals surface area contributed by atoms with E-state index < -0.39 is 0 Å². The van der Waals surface area contributed by atoms with Crippen LogP contribution in [0.5, 0.6) is 0 Å². The molecule has 1 aromatic rings. The lowest BCUT2D eigenvalue weighted by Crippen LogP contribution is -2.61. The van der Waals surface area contributed by atoms with Gasteiger partial charge in [0.1, 0.15) is 0 Å². The van der Waals surface area contributed by atoms with Crippen LogP contribution < -0.4 is 10.2 Å². The first-order chi connectivity index (χ1) is 8.39. The van der Waals surface area contributed by atoms with Gasteiger partial charge in [0.05, 0.1) is 0 Å². The van der Waals surface area contributed by atoms with Gasteiger partial charge in [-0.05, 0) is 38.3 Å². The van der Waals surface area contributed by atoms with E-state index in [1.54, 1.807) is 0 Å². The Hall–Kier alpha value is -1.02. The zero-order chi connectivity index (χ0) is 13.3. The molecule has 0 aliphatic carbocycles. The molecule has 1 saturated heterocycles. The summed E-state index contributed by atoms with van der Waals surface area (Å²) in [6.45, 7) is 13.5. The monoisotopic (exact) mass is 246 g/mol. The minimum Gasteiger partial charge on any atom is -0.368 e. The fraction of sp³-hybridized carbons (Fsp3) is 0.625. The normalized spacial score (nSPS) is 23.4. The third kappa shape index (κ3) is 2.86. The molecule has 1 fully saturated rings. The number of para-hydroxylation sites is 1. The fourth-order valence-corrected chi connectivity index (χ4v) is 3.08. The summed E-state index contributed by atoms with van der Waals surface area (Å²) < 4.78 is 0. The Morgan fingerprint density at radius 3 is 2.56 bits per heavy atom. The van der Waals surface area contributed by atoms with Gasteiger partial charge >= 0.3 is 0 Å². The van der Waals surface area contributed by atoms with Crippen molar-refractivity contribution in [3.63, 3.8) is 0 Å². The number of hydrogen-bond acceptors (Lipinski definition) is 2. The first-order valence-electron chi connectivity index (χ1n) is 7.00. The molecule has 100 valence electrons. The Balaban J connectivity index is 2.31. The van der Waals surface area contributed by atoms with Crippen LogP contribution in [0.15, 0.2) is 24.3 Å². The smallest absolute Gasteiger partial charge is 0.0402 e. The van der Waals surface area contributed by atoms with Gasteiger partial charge in [-0.2, -0.15) is 0 Å². The van der Waals surface area contributed by atoms with Gasteiger partial charge < -0.3 is 10.2 Å². The number of nitrogens with zero attached hydrogens (tertiary/aromatic N) is 1. The van der Waals surface area contributed by atoms with Gasteiger partial charge in [0.25, 0.3) is 0 Å². The summed E-state index contributed by atoms with van der Waals surface area (Å²) in [6.07, 6.45) is 0. The van der Waals surface area contributed by atoms with Gasteiger partial charge in [-0.3, -0.25) is 0 Å². The van der Waals surface area contributed by atoms with E-state index in [9.17, 15) is 0 Å². The second kappa shape index (κ2) is 4.93. The highest BCUT2D eigenvalue weighted by Crippen LogP contribution is 2.30. The van der Waals surface area contributed by atoms with E-state index in [1.165, 1.54) is 11.3 Å². The van der Waals surface area contributed by atoms with Crippen LogP contribution in [0.1, 0.15) is 46.1 Å². The molecular formula is C16H26N2. The lowest BCUT2D eigenvalue weighted by Gasteiger charge is -2.44. The molecule has 1 unspecified atom stereocenters. The van der Waals surface area contributed by atoms with Crippen molar-refractivity contribution in [2.45, 2.75) is 52.1 Å². The number of hydrogen-bond donors (Lipinski definition) is 1. The molecule has 2 nitrogen and oxygen atoms in total. The zero-order valence-electron chi connectivity index (χ0n) is 12.3. The molecule has 1 N–H and O–H groups in total. The maximum absolute atomic E-state index is 3.66. The van der Waals surface area contributed by atoms with Crippen molar-refractivity contribution in [1.82, 2.24) is 5.32 Å². The molecule has 2 heteroatoms. The summed E-state index contributed by atoms with van der Waals surface area (Å²) in [5, 5.41) is 3.66. The van der Waals surface area contributed by atoms with E-state index in [4.69, 9.17) is 0 Å². The average molecular weight is 246 g/mol. The Morgan fingerprint density at radius 1 is 1.28 bits per heavy atom. The van der Waals surface area contributed by atoms with Crippen LogP contribution in [0.25, 0.3) is 0 Å². The van der Waals surface area contributed by atoms with Crippen LogP contribution in [0.2, 0.25) is 0 Å². The predicted molar refractivity (Wildman–Crippen MR) is 79.4 cm³/mol. The summed E-state index contributed by atoms with van der Waals surface area (Å²) in [4.78, 5) is 2.54. The highest BCUT2D eigenvalue weighted by Gasteiger charge is 2.30. The average Bonchev–Trinajstić information content (AvgIpc) is 2.26. The van der Waals surface area contributed by atoms with E-state index >= 15 is 0 Å². The molecule has 1 heterocycles. The Bertz CT molecular complexity index is 409. The first kappa shape index (κ1) is 13.4. The number of nitrogens with one attached hydrogen (secondary N) is 1. The standard InChI is InChI=1S/C16H26N2/c1-12(2)14-8-6-7-9-15(14)18-10-13(3)17-16(4,5)11-18/h6-9,12-13,17H,10-11H2,1-5H3. The number of benzene rings is 1. The summed E-state index contributed by atoms with van der Waals surface area (Å²) in [5.74, 6) is 0.578. The van der Waals surface area contributed by atoms with Gasteiger partial charge in [-0.1, -0.05) is 32.0 Å². The molecule has 1 aliphatic rings. The molecule has 0 saturated carbocycles. The summed E-state index contributed by atoms with van der Waals surface area (Å²) in [6, 6.07) is 9.37. The van der Waals surface area contributed by atoms with Gasteiger partial charge in [0, 0.05) is 30.4 Å². The predicted octanol–water partition coefficient (Wildman–Crippen LogP) is 3.39. The second-order valence-electron chi connectivity index (χ2n) is 6.52. The quantitative estimate of drug-likeness (QED) is 0.860. The minimum atomic E-state index is 0.182. The van der Waals surface area contributed by atoms with Gasteiger partial charge in [-0.15, -0.1) is 0 Å². The Morgan fingerprint density at radius 2 is 1.94 bits per heavy atom. The van der Waals surface area contributed by atoms with E-state index in [1.807, 2.05) is 0 Å². The third-order valence-electron chi connectivity index (χ3n) is 3.62. The topological polar surface area (TPSA) is 15.3 Å². The molecule has 18 heavy (non-hydrogen) atoms. The van der Waals surface area contributed by atoms with Crippen molar-refractivity contribution in [3.8, 4) is 0 Å². The molecule has 1 aliphatic heterocycles. The molecule has 0 aromatic heterocycles. The zero-order valence-corrected chi connectivity index (χ0v) is 12.3. The second-order valence-corrected chi connectivity index (χ2v) is 6.52. The lowest BCUT2D eigenvalue weighted by atomic mass is 9.95. The van der Waals surface area contributed by atoms with Gasteiger partial charge in [0.15, 0.2) is 0 Å². The number of piperazine rings is 1. The van der Waals surface area contributed by atoms with Crippen molar-refractivity contribution in [2.75, 3.05) is 18.0 Å². The van der Waals surface area contributed by atoms with Crippen molar-refractivity contribution in [2.24, 2.45) is 0 Å². The number of rotatable bonds is 2. The van der Waals surface area contributed by atoms with E-state index in [0.29, 0.717) is 12.0 Å². The highest BCUT2D eigenvalue weighted by molar-refractivity contribution is 5.56.